The molecule has 3 N–H and O–H groups in total. The SMILES string of the molecule is CNCCCc1ccccc1OCCN. The first-order valence-electron chi connectivity index (χ1n) is 5.44. The highest BCUT2D eigenvalue weighted by Gasteiger charge is 2.01. The summed E-state index contributed by atoms with van der Waals surface area (Å²) in [5.74, 6) is 0.971. The molecule has 0 aromatic heterocycles. The lowest BCUT2D eigenvalue weighted by molar-refractivity contribution is 0.324. The van der Waals surface area contributed by atoms with Gasteiger partial charge in [0.25, 0.3) is 0 Å². The first kappa shape index (κ1) is 12.0. The molecule has 0 fully saturated rings. The van der Waals surface area contributed by atoms with Crippen LogP contribution in [0.1, 0.15) is 12.0 Å². The molecule has 0 radical (unpaired) electrons. The molecule has 0 aliphatic heterocycles. The van der Waals surface area contributed by atoms with Crippen molar-refractivity contribution in [2.45, 2.75) is 12.8 Å². The van der Waals surface area contributed by atoms with Crippen molar-refractivity contribution < 1.29 is 4.74 Å². The Balaban J connectivity index is 2.52. The minimum absolute atomic E-state index is 0.560. The van der Waals surface area contributed by atoms with Crippen LogP contribution in [-0.4, -0.2) is 26.7 Å². The van der Waals surface area contributed by atoms with E-state index in [1.54, 1.807) is 0 Å². The molecule has 1 rings (SSSR count). The summed E-state index contributed by atoms with van der Waals surface area (Å²) in [6, 6.07) is 8.16. The van der Waals surface area contributed by atoms with Crippen molar-refractivity contribution in [3.8, 4) is 5.75 Å². The molecule has 3 heteroatoms. The van der Waals surface area contributed by atoms with Crippen molar-refractivity contribution in [3.05, 3.63) is 29.8 Å². The topological polar surface area (TPSA) is 47.3 Å². The third kappa shape index (κ3) is 4.32. The number of nitrogens with one attached hydrogen (secondary N) is 1. The van der Waals surface area contributed by atoms with Crippen molar-refractivity contribution in [2.75, 3.05) is 26.7 Å². The van der Waals surface area contributed by atoms with Crippen molar-refractivity contribution >= 4 is 0 Å². The fourth-order valence-corrected chi connectivity index (χ4v) is 1.48. The lowest BCUT2D eigenvalue weighted by atomic mass is 10.1. The molecular formula is C12H20N2O. The van der Waals surface area contributed by atoms with E-state index < -0.39 is 0 Å². The predicted octanol–water partition coefficient (Wildman–Crippen LogP) is 1.18. The molecule has 0 unspecified atom stereocenters. The number of rotatable bonds is 7. The molecule has 0 heterocycles. The van der Waals surface area contributed by atoms with Gasteiger partial charge in [-0.15, -0.1) is 0 Å². The molecule has 0 amide bonds. The molecule has 0 bridgehead atoms. The van der Waals surface area contributed by atoms with E-state index >= 15 is 0 Å². The van der Waals surface area contributed by atoms with Crippen LogP contribution in [0.5, 0.6) is 5.75 Å². The highest BCUT2D eigenvalue weighted by atomic mass is 16.5. The molecule has 0 aliphatic rings. The maximum atomic E-state index is 5.57. The van der Waals surface area contributed by atoms with E-state index in [0.29, 0.717) is 13.2 Å². The van der Waals surface area contributed by atoms with Gasteiger partial charge in [0.2, 0.25) is 0 Å². The zero-order chi connectivity index (χ0) is 10.9. The van der Waals surface area contributed by atoms with E-state index in [9.17, 15) is 0 Å². The van der Waals surface area contributed by atoms with Crippen LogP contribution in [0.3, 0.4) is 0 Å². The first-order chi connectivity index (χ1) is 7.38. The molecule has 0 atom stereocenters. The van der Waals surface area contributed by atoms with Crippen LogP contribution in [0.25, 0.3) is 0 Å². The molecule has 15 heavy (non-hydrogen) atoms. The van der Waals surface area contributed by atoms with Gasteiger partial charge >= 0.3 is 0 Å². The highest BCUT2D eigenvalue weighted by molar-refractivity contribution is 5.33. The second kappa shape index (κ2) is 7.26. The Morgan fingerprint density at radius 3 is 2.87 bits per heavy atom. The average molecular weight is 208 g/mol. The average Bonchev–Trinajstić information content (AvgIpc) is 2.28. The smallest absolute Gasteiger partial charge is 0.122 e. The predicted molar refractivity (Wildman–Crippen MR) is 63.2 cm³/mol. The second-order valence-corrected chi connectivity index (χ2v) is 3.45. The summed E-state index contributed by atoms with van der Waals surface area (Å²) in [7, 11) is 1.97. The monoisotopic (exact) mass is 208 g/mol. The van der Waals surface area contributed by atoms with Gasteiger partial charge in [-0.2, -0.15) is 0 Å². The minimum atomic E-state index is 0.560. The van der Waals surface area contributed by atoms with Crippen molar-refractivity contribution in [3.63, 3.8) is 0 Å². The highest BCUT2D eigenvalue weighted by Crippen LogP contribution is 2.19. The van der Waals surface area contributed by atoms with Crippen molar-refractivity contribution in [2.24, 2.45) is 5.73 Å². The quantitative estimate of drug-likeness (QED) is 0.661. The first-order valence-corrected chi connectivity index (χ1v) is 5.44. The van der Waals surface area contributed by atoms with Crippen molar-refractivity contribution in [1.29, 1.82) is 0 Å². The van der Waals surface area contributed by atoms with Gasteiger partial charge in [-0.25, -0.2) is 0 Å². The maximum Gasteiger partial charge on any atom is 0.122 e. The van der Waals surface area contributed by atoms with Gasteiger partial charge in [0.1, 0.15) is 12.4 Å². The summed E-state index contributed by atoms with van der Waals surface area (Å²) in [5.41, 5.74) is 6.68. The van der Waals surface area contributed by atoms with E-state index in [-0.39, 0.29) is 0 Å². The van der Waals surface area contributed by atoms with Gasteiger partial charge in [0.05, 0.1) is 0 Å². The van der Waals surface area contributed by atoms with Gasteiger partial charge in [-0.05, 0) is 38.1 Å². The lowest BCUT2D eigenvalue weighted by Crippen LogP contribution is -2.12. The van der Waals surface area contributed by atoms with Crippen LogP contribution in [0, 0.1) is 0 Å². The minimum Gasteiger partial charge on any atom is -0.492 e. The molecule has 84 valence electrons. The Hall–Kier alpha value is -1.06. The zero-order valence-electron chi connectivity index (χ0n) is 9.33. The fourth-order valence-electron chi connectivity index (χ4n) is 1.48. The van der Waals surface area contributed by atoms with Crippen molar-refractivity contribution in [1.82, 2.24) is 5.32 Å². The van der Waals surface area contributed by atoms with Gasteiger partial charge in [-0.1, -0.05) is 18.2 Å². The molecule has 3 nitrogen and oxygen atoms in total. The Morgan fingerprint density at radius 2 is 2.13 bits per heavy atom. The Kier molecular flexibility index (Phi) is 5.81. The summed E-state index contributed by atoms with van der Waals surface area (Å²) >= 11 is 0. The number of para-hydroxylation sites is 1. The zero-order valence-corrected chi connectivity index (χ0v) is 9.33. The van der Waals surface area contributed by atoms with Gasteiger partial charge in [-0.3, -0.25) is 0 Å². The van der Waals surface area contributed by atoms with Crippen LogP contribution in [0.2, 0.25) is 0 Å². The molecule has 0 spiro atoms. The Bertz CT molecular complexity index is 276. The second-order valence-electron chi connectivity index (χ2n) is 3.45. The number of benzene rings is 1. The molecule has 0 saturated carbocycles. The summed E-state index contributed by atoms with van der Waals surface area (Å²) < 4.78 is 5.57. The number of aryl methyl sites for hydroxylation is 1. The Morgan fingerprint density at radius 1 is 1.33 bits per heavy atom. The number of nitrogens with two attached hydrogens (primary N) is 1. The number of hydrogen-bond acceptors (Lipinski definition) is 3. The van der Waals surface area contributed by atoms with Gasteiger partial charge in [0, 0.05) is 6.54 Å². The fraction of sp³-hybridized carbons (Fsp3) is 0.500. The van der Waals surface area contributed by atoms with Crippen LogP contribution in [-0.2, 0) is 6.42 Å². The van der Waals surface area contributed by atoms with Gasteiger partial charge in [0.15, 0.2) is 0 Å². The largest absolute Gasteiger partial charge is 0.492 e. The summed E-state index contributed by atoms with van der Waals surface area (Å²) in [5, 5.41) is 3.14. The Labute approximate surface area is 91.6 Å². The molecule has 1 aromatic rings. The third-order valence-corrected chi connectivity index (χ3v) is 2.22. The summed E-state index contributed by atoms with van der Waals surface area (Å²) in [6.45, 7) is 2.18. The van der Waals surface area contributed by atoms with E-state index in [1.165, 1.54) is 5.56 Å². The van der Waals surface area contributed by atoms with Crippen LogP contribution < -0.4 is 15.8 Å². The summed E-state index contributed by atoms with van der Waals surface area (Å²) in [6.07, 6.45) is 2.17. The molecule has 0 aliphatic carbocycles. The maximum absolute atomic E-state index is 5.57. The van der Waals surface area contributed by atoms with E-state index in [2.05, 4.69) is 11.4 Å². The lowest BCUT2D eigenvalue weighted by Gasteiger charge is -2.10. The van der Waals surface area contributed by atoms with E-state index in [0.717, 1.165) is 25.1 Å². The van der Waals surface area contributed by atoms with Crippen LogP contribution in [0.15, 0.2) is 24.3 Å². The molecule has 1 aromatic carbocycles. The van der Waals surface area contributed by atoms with E-state index in [4.69, 9.17) is 10.5 Å². The number of ether oxygens (including phenoxy) is 1. The molecule has 0 saturated heterocycles. The normalized spacial score (nSPS) is 10.3. The van der Waals surface area contributed by atoms with E-state index in [1.807, 2.05) is 25.2 Å². The van der Waals surface area contributed by atoms with Crippen LogP contribution in [0.4, 0.5) is 0 Å². The standard InChI is InChI=1S/C12H20N2O/c1-14-9-4-6-11-5-2-3-7-12(11)15-10-8-13/h2-3,5,7,14H,4,6,8-10,13H2,1H3. The molecular weight excluding hydrogens is 188 g/mol. The number of hydrogen-bond donors (Lipinski definition) is 2. The van der Waals surface area contributed by atoms with Crippen LogP contribution >= 0.6 is 0 Å². The third-order valence-electron chi connectivity index (χ3n) is 2.22. The summed E-state index contributed by atoms with van der Waals surface area (Å²) in [4.78, 5) is 0. The van der Waals surface area contributed by atoms with Gasteiger partial charge < -0.3 is 15.8 Å².